The van der Waals surface area contributed by atoms with Crippen molar-refractivity contribution in [3.05, 3.63) is 28.7 Å². The zero-order valence-corrected chi connectivity index (χ0v) is 15.2. The Hall–Kier alpha value is -1.27. The minimum Gasteiger partial charge on any atom is -0.376 e. The summed E-state index contributed by atoms with van der Waals surface area (Å²) in [6.07, 6.45) is 3.77. The minimum absolute atomic E-state index is 0.330. The fourth-order valence-corrected chi connectivity index (χ4v) is 3.43. The van der Waals surface area contributed by atoms with Gasteiger partial charge in [0.15, 0.2) is 5.96 Å². The van der Waals surface area contributed by atoms with Crippen LogP contribution in [0.25, 0.3) is 0 Å². The van der Waals surface area contributed by atoms with Gasteiger partial charge in [-0.15, -0.1) is 0 Å². The summed E-state index contributed by atoms with van der Waals surface area (Å²) in [5, 5.41) is 6.92. The van der Waals surface area contributed by atoms with Crippen molar-refractivity contribution in [2.75, 3.05) is 38.2 Å². The van der Waals surface area contributed by atoms with Gasteiger partial charge >= 0.3 is 0 Å². The summed E-state index contributed by atoms with van der Waals surface area (Å²) in [6.45, 7) is 3.80. The van der Waals surface area contributed by atoms with Crippen LogP contribution < -0.4 is 15.5 Å². The van der Waals surface area contributed by atoms with Gasteiger partial charge in [-0.3, -0.25) is 4.99 Å². The molecule has 5 nitrogen and oxygen atoms in total. The Balaban J connectivity index is 1.47. The van der Waals surface area contributed by atoms with Crippen LogP contribution >= 0.6 is 15.9 Å². The van der Waals surface area contributed by atoms with E-state index in [1.54, 1.807) is 0 Å². The van der Waals surface area contributed by atoms with Gasteiger partial charge in [-0.05, 0) is 43.5 Å². The summed E-state index contributed by atoms with van der Waals surface area (Å²) in [5.74, 6) is 0.878. The van der Waals surface area contributed by atoms with Crippen LogP contribution in [0.5, 0.6) is 0 Å². The number of nitrogens with zero attached hydrogens (tertiary/aromatic N) is 2. The highest BCUT2D eigenvalue weighted by molar-refractivity contribution is 9.10. The first kappa shape index (κ1) is 16.6. The van der Waals surface area contributed by atoms with Crippen LogP contribution in [0.4, 0.5) is 5.69 Å². The molecule has 2 aliphatic rings. The number of anilines is 1. The van der Waals surface area contributed by atoms with Crippen molar-refractivity contribution >= 4 is 27.6 Å². The van der Waals surface area contributed by atoms with E-state index in [2.05, 4.69) is 60.7 Å². The van der Waals surface area contributed by atoms with Gasteiger partial charge in [-0.1, -0.05) is 15.9 Å². The van der Waals surface area contributed by atoms with Gasteiger partial charge in [0.1, 0.15) is 0 Å². The molecule has 2 N–H and O–H groups in total. The minimum atomic E-state index is 0.330. The molecular weight excluding hydrogens is 356 g/mol. The zero-order chi connectivity index (χ0) is 16.1. The zero-order valence-electron chi connectivity index (χ0n) is 13.6. The van der Waals surface area contributed by atoms with Gasteiger partial charge in [0, 0.05) is 49.5 Å². The molecule has 2 fully saturated rings. The Morgan fingerprint density at radius 2 is 2.17 bits per heavy atom. The summed E-state index contributed by atoms with van der Waals surface area (Å²) in [5.41, 5.74) is 1.28. The number of halogens is 1. The average Bonchev–Trinajstić information content (AvgIpc) is 3.24. The molecule has 3 rings (SSSR count). The highest BCUT2D eigenvalue weighted by Crippen LogP contribution is 2.22. The van der Waals surface area contributed by atoms with Crippen LogP contribution in [0.15, 0.2) is 33.7 Å². The van der Waals surface area contributed by atoms with E-state index in [1.165, 1.54) is 12.1 Å². The van der Waals surface area contributed by atoms with Gasteiger partial charge in [0.05, 0.1) is 6.10 Å². The summed E-state index contributed by atoms with van der Waals surface area (Å²) in [4.78, 5) is 6.75. The Bertz CT molecular complexity index is 528. The molecule has 0 radical (unpaired) electrons. The molecule has 0 aliphatic carbocycles. The fraction of sp³-hybridized carbons (Fsp3) is 0.588. The van der Waals surface area contributed by atoms with Gasteiger partial charge in [-0.2, -0.15) is 0 Å². The molecule has 2 atom stereocenters. The molecule has 2 saturated heterocycles. The summed E-state index contributed by atoms with van der Waals surface area (Å²) >= 11 is 3.49. The van der Waals surface area contributed by atoms with E-state index in [0.29, 0.717) is 12.1 Å². The van der Waals surface area contributed by atoms with E-state index in [0.717, 1.165) is 49.5 Å². The van der Waals surface area contributed by atoms with Crippen molar-refractivity contribution in [2.24, 2.45) is 4.99 Å². The van der Waals surface area contributed by atoms with Crippen molar-refractivity contribution in [3.8, 4) is 0 Å². The second-order valence-electron chi connectivity index (χ2n) is 6.14. The molecule has 1 aromatic carbocycles. The van der Waals surface area contributed by atoms with E-state index in [1.807, 2.05) is 7.05 Å². The molecule has 2 aliphatic heterocycles. The molecule has 126 valence electrons. The quantitative estimate of drug-likeness (QED) is 0.621. The summed E-state index contributed by atoms with van der Waals surface area (Å²) in [6, 6.07) is 8.94. The number of guanidine groups is 1. The number of ether oxygens (including phenoxy) is 1. The number of hydrogen-bond acceptors (Lipinski definition) is 3. The lowest BCUT2D eigenvalue weighted by molar-refractivity contribution is 0.113. The predicted octanol–water partition coefficient (Wildman–Crippen LogP) is 2.37. The lowest BCUT2D eigenvalue weighted by Crippen LogP contribution is -2.46. The fourth-order valence-electron chi connectivity index (χ4n) is 3.17. The summed E-state index contributed by atoms with van der Waals surface area (Å²) in [7, 11) is 1.83. The second kappa shape index (κ2) is 8.02. The van der Waals surface area contributed by atoms with E-state index in [9.17, 15) is 0 Å². The van der Waals surface area contributed by atoms with Crippen LogP contribution in [-0.4, -0.2) is 51.4 Å². The third-order valence-electron chi connectivity index (χ3n) is 4.47. The predicted molar refractivity (Wildman–Crippen MR) is 98.2 cm³/mol. The summed E-state index contributed by atoms with van der Waals surface area (Å²) < 4.78 is 6.76. The van der Waals surface area contributed by atoms with E-state index in [4.69, 9.17) is 4.74 Å². The number of nitrogens with one attached hydrogen (secondary N) is 2. The lowest BCUT2D eigenvalue weighted by Gasteiger charge is -2.21. The number of benzene rings is 1. The van der Waals surface area contributed by atoms with Gasteiger partial charge < -0.3 is 20.3 Å². The van der Waals surface area contributed by atoms with Gasteiger partial charge in [-0.25, -0.2) is 0 Å². The lowest BCUT2D eigenvalue weighted by atomic mass is 10.2. The van der Waals surface area contributed by atoms with Crippen LogP contribution in [0.3, 0.4) is 0 Å². The third-order valence-corrected chi connectivity index (χ3v) is 4.99. The first-order valence-electron chi connectivity index (χ1n) is 8.34. The first-order chi connectivity index (χ1) is 11.2. The van der Waals surface area contributed by atoms with Gasteiger partial charge in [0.25, 0.3) is 0 Å². The average molecular weight is 381 g/mol. The van der Waals surface area contributed by atoms with Crippen LogP contribution in [-0.2, 0) is 4.74 Å². The normalized spacial score (nSPS) is 25.0. The molecule has 23 heavy (non-hydrogen) atoms. The number of aliphatic imine (C=N–C) groups is 1. The van der Waals surface area contributed by atoms with E-state index < -0.39 is 0 Å². The van der Waals surface area contributed by atoms with Crippen molar-refractivity contribution < 1.29 is 4.74 Å². The molecule has 0 aromatic heterocycles. The van der Waals surface area contributed by atoms with Crippen molar-refractivity contribution in [1.82, 2.24) is 10.6 Å². The highest BCUT2D eigenvalue weighted by Gasteiger charge is 2.24. The Morgan fingerprint density at radius 1 is 1.35 bits per heavy atom. The molecule has 1 aromatic rings. The van der Waals surface area contributed by atoms with Gasteiger partial charge in [0.2, 0.25) is 0 Å². The maximum absolute atomic E-state index is 5.65. The Kier molecular flexibility index (Phi) is 5.78. The monoisotopic (exact) mass is 380 g/mol. The standard InChI is InChI=1S/C17H25BrN4O/c1-19-17(20-11-16-3-2-10-23-16)21-14-8-9-22(12-14)15-6-4-13(18)5-7-15/h4-7,14,16H,2-3,8-12H2,1H3,(H2,19,20,21). The smallest absolute Gasteiger partial charge is 0.191 e. The number of rotatable bonds is 4. The second-order valence-corrected chi connectivity index (χ2v) is 7.06. The first-order valence-corrected chi connectivity index (χ1v) is 9.13. The third kappa shape index (κ3) is 4.61. The SMILES string of the molecule is CN=C(NCC1CCCO1)NC1CCN(c2ccc(Br)cc2)C1. The highest BCUT2D eigenvalue weighted by atomic mass is 79.9. The van der Waals surface area contributed by atoms with E-state index in [-0.39, 0.29) is 0 Å². The molecule has 2 heterocycles. The van der Waals surface area contributed by atoms with Crippen LogP contribution in [0.2, 0.25) is 0 Å². The molecule has 0 spiro atoms. The largest absolute Gasteiger partial charge is 0.376 e. The molecule has 0 amide bonds. The topological polar surface area (TPSA) is 48.9 Å². The van der Waals surface area contributed by atoms with Crippen LogP contribution in [0, 0.1) is 0 Å². The van der Waals surface area contributed by atoms with Crippen molar-refractivity contribution in [3.63, 3.8) is 0 Å². The number of hydrogen-bond donors (Lipinski definition) is 2. The molecule has 0 saturated carbocycles. The molecular formula is C17H25BrN4O. The molecule has 0 bridgehead atoms. The Morgan fingerprint density at radius 3 is 2.87 bits per heavy atom. The van der Waals surface area contributed by atoms with E-state index >= 15 is 0 Å². The van der Waals surface area contributed by atoms with Crippen LogP contribution in [0.1, 0.15) is 19.3 Å². The maximum atomic E-state index is 5.65. The molecule has 6 heteroatoms. The maximum Gasteiger partial charge on any atom is 0.191 e. The van der Waals surface area contributed by atoms with Crippen molar-refractivity contribution in [1.29, 1.82) is 0 Å². The molecule has 2 unspecified atom stereocenters. The Labute approximate surface area is 146 Å². The van der Waals surface area contributed by atoms with Crippen molar-refractivity contribution in [2.45, 2.75) is 31.4 Å².